The van der Waals surface area contributed by atoms with E-state index in [1.807, 2.05) is 7.05 Å². The van der Waals surface area contributed by atoms with Gasteiger partial charge in [0, 0.05) is 19.2 Å². The molecule has 1 heterocycles. The van der Waals surface area contributed by atoms with Crippen LogP contribution in [0.25, 0.3) is 0 Å². The first-order valence-electron chi connectivity index (χ1n) is 5.91. The summed E-state index contributed by atoms with van der Waals surface area (Å²) in [7, 11) is 1.86. The van der Waals surface area contributed by atoms with E-state index in [1.165, 1.54) is 5.57 Å². The molecular formula is C14H23NO. The lowest BCUT2D eigenvalue weighted by molar-refractivity contribution is -0.125. The Hall–Kier alpha value is -1.05. The number of carbonyl (C=O) groups excluding carboxylic acids is 1. The predicted octanol–water partition coefficient (Wildman–Crippen LogP) is 3.01. The van der Waals surface area contributed by atoms with Crippen molar-refractivity contribution in [3.8, 4) is 0 Å². The van der Waals surface area contributed by atoms with Gasteiger partial charge in [0.15, 0.2) is 0 Å². The van der Waals surface area contributed by atoms with Crippen LogP contribution in [-0.4, -0.2) is 24.4 Å². The normalized spacial score (nSPS) is 18.4. The smallest absolute Gasteiger partial charge is 0.250 e. The molecule has 16 heavy (non-hydrogen) atoms. The van der Waals surface area contributed by atoms with Crippen LogP contribution in [0.5, 0.6) is 0 Å². The molecule has 1 rings (SSSR count). The molecule has 0 N–H and O–H groups in total. The summed E-state index contributed by atoms with van der Waals surface area (Å²) in [6, 6.07) is 0. The van der Waals surface area contributed by atoms with Gasteiger partial charge in [-0.25, -0.2) is 0 Å². The number of carbonyl (C=O) groups is 1. The molecule has 2 heteroatoms. The van der Waals surface area contributed by atoms with Gasteiger partial charge >= 0.3 is 0 Å². The molecule has 90 valence electrons. The Balaban J connectivity index is 3.35. The van der Waals surface area contributed by atoms with Crippen molar-refractivity contribution < 1.29 is 4.79 Å². The maximum atomic E-state index is 12.3. The zero-order chi connectivity index (χ0) is 12.5. The number of likely N-dealkylation sites (N-methyl/N-ethyl adjacent to an activating group) is 1. The van der Waals surface area contributed by atoms with Gasteiger partial charge in [-0.15, -0.1) is 0 Å². The van der Waals surface area contributed by atoms with Crippen molar-refractivity contribution in [3.63, 3.8) is 0 Å². The van der Waals surface area contributed by atoms with E-state index in [9.17, 15) is 4.79 Å². The van der Waals surface area contributed by atoms with Crippen LogP contribution in [0, 0.1) is 11.3 Å². The van der Waals surface area contributed by atoms with Crippen molar-refractivity contribution in [3.05, 3.63) is 23.3 Å². The highest BCUT2D eigenvalue weighted by molar-refractivity contribution is 5.95. The van der Waals surface area contributed by atoms with Gasteiger partial charge in [0.2, 0.25) is 5.91 Å². The van der Waals surface area contributed by atoms with Crippen molar-refractivity contribution in [1.82, 2.24) is 4.90 Å². The Morgan fingerprint density at radius 3 is 2.31 bits per heavy atom. The van der Waals surface area contributed by atoms with E-state index in [2.05, 4.69) is 46.8 Å². The highest BCUT2D eigenvalue weighted by atomic mass is 16.2. The topological polar surface area (TPSA) is 20.3 Å². The van der Waals surface area contributed by atoms with Gasteiger partial charge in [0.1, 0.15) is 0 Å². The molecule has 0 aromatic rings. The fraction of sp³-hybridized carbons (Fsp3) is 0.643. The van der Waals surface area contributed by atoms with Gasteiger partial charge in [0.05, 0.1) is 0 Å². The van der Waals surface area contributed by atoms with E-state index in [0.717, 1.165) is 5.57 Å². The number of nitrogens with zero attached hydrogens (tertiary/aromatic N) is 1. The van der Waals surface area contributed by atoms with Crippen LogP contribution < -0.4 is 0 Å². The Morgan fingerprint density at radius 1 is 1.31 bits per heavy atom. The first kappa shape index (κ1) is 13.0. The molecule has 0 saturated carbocycles. The molecule has 0 aromatic carbocycles. The standard InChI is InChI=1S/C14H23NO/c1-10(2)12-11(14(3,4)5)8-7-9-15(6)13(12)16/h7-8,10H,9H2,1-6H3. The molecule has 2 nitrogen and oxygen atoms in total. The second-order valence-electron chi connectivity index (χ2n) is 5.82. The number of allylic oxidation sites excluding steroid dienone is 2. The van der Waals surface area contributed by atoms with Gasteiger partial charge in [-0.05, 0) is 16.9 Å². The first-order chi connectivity index (χ1) is 7.25. The summed E-state index contributed by atoms with van der Waals surface area (Å²) in [5, 5.41) is 0. The van der Waals surface area contributed by atoms with E-state index in [4.69, 9.17) is 0 Å². The monoisotopic (exact) mass is 221 g/mol. The number of amides is 1. The quantitative estimate of drug-likeness (QED) is 0.666. The summed E-state index contributed by atoms with van der Waals surface area (Å²) < 4.78 is 0. The summed E-state index contributed by atoms with van der Waals surface area (Å²) in [5.41, 5.74) is 2.16. The molecule has 0 bridgehead atoms. The zero-order valence-corrected chi connectivity index (χ0v) is 11.3. The summed E-state index contributed by atoms with van der Waals surface area (Å²) in [6.45, 7) is 11.4. The van der Waals surface area contributed by atoms with Gasteiger partial charge in [-0.2, -0.15) is 0 Å². The third-order valence-electron chi connectivity index (χ3n) is 2.92. The molecule has 0 saturated heterocycles. The van der Waals surface area contributed by atoms with Crippen molar-refractivity contribution in [2.24, 2.45) is 11.3 Å². The fourth-order valence-electron chi connectivity index (χ4n) is 2.03. The minimum atomic E-state index is 0.0247. The molecule has 0 radical (unpaired) electrons. The van der Waals surface area contributed by atoms with Crippen molar-refractivity contribution in [2.45, 2.75) is 34.6 Å². The molecule has 1 aliphatic rings. The van der Waals surface area contributed by atoms with Crippen LogP contribution in [0.4, 0.5) is 0 Å². The maximum Gasteiger partial charge on any atom is 0.250 e. The van der Waals surface area contributed by atoms with Crippen LogP contribution in [0.1, 0.15) is 34.6 Å². The van der Waals surface area contributed by atoms with Crippen LogP contribution in [0.3, 0.4) is 0 Å². The molecule has 1 aliphatic heterocycles. The lowest BCUT2D eigenvalue weighted by Gasteiger charge is -2.26. The molecule has 0 aliphatic carbocycles. The Kier molecular flexibility index (Phi) is 3.61. The average Bonchev–Trinajstić information content (AvgIpc) is 2.26. The maximum absolute atomic E-state index is 12.3. The van der Waals surface area contributed by atoms with E-state index in [1.54, 1.807) is 4.90 Å². The number of hydrogen-bond donors (Lipinski definition) is 0. The number of rotatable bonds is 1. The van der Waals surface area contributed by atoms with Crippen molar-refractivity contribution >= 4 is 5.91 Å². The van der Waals surface area contributed by atoms with E-state index in [0.29, 0.717) is 6.54 Å². The van der Waals surface area contributed by atoms with Crippen LogP contribution in [0.15, 0.2) is 23.3 Å². The van der Waals surface area contributed by atoms with Crippen LogP contribution in [0.2, 0.25) is 0 Å². The van der Waals surface area contributed by atoms with Crippen LogP contribution in [-0.2, 0) is 4.79 Å². The van der Waals surface area contributed by atoms with Gasteiger partial charge in [-0.3, -0.25) is 4.79 Å². The third-order valence-corrected chi connectivity index (χ3v) is 2.92. The SMILES string of the molecule is CC(C)C1=C(C(C)(C)C)C=CCN(C)C1=O. The molecular weight excluding hydrogens is 198 g/mol. The predicted molar refractivity (Wildman–Crippen MR) is 68.1 cm³/mol. The van der Waals surface area contributed by atoms with Gasteiger partial charge < -0.3 is 4.90 Å². The second-order valence-corrected chi connectivity index (χ2v) is 5.82. The van der Waals surface area contributed by atoms with Crippen molar-refractivity contribution in [1.29, 1.82) is 0 Å². The fourth-order valence-corrected chi connectivity index (χ4v) is 2.03. The largest absolute Gasteiger partial charge is 0.338 e. The first-order valence-corrected chi connectivity index (χ1v) is 5.91. The molecule has 1 amide bonds. The summed E-state index contributed by atoms with van der Waals surface area (Å²) in [6.07, 6.45) is 4.20. The Bertz CT molecular complexity index is 342. The highest BCUT2D eigenvalue weighted by Gasteiger charge is 2.28. The highest BCUT2D eigenvalue weighted by Crippen LogP contribution is 2.34. The lowest BCUT2D eigenvalue weighted by atomic mass is 9.80. The second kappa shape index (κ2) is 4.44. The van der Waals surface area contributed by atoms with Gasteiger partial charge in [-0.1, -0.05) is 46.8 Å². The van der Waals surface area contributed by atoms with Crippen LogP contribution >= 0.6 is 0 Å². The minimum absolute atomic E-state index is 0.0247. The molecule has 0 fully saturated rings. The van der Waals surface area contributed by atoms with Crippen molar-refractivity contribution in [2.75, 3.05) is 13.6 Å². The summed E-state index contributed by atoms with van der Waals surface area (Å²) in [5.74, 6) is 0.442. The average molecular weight is 221 g/mol. The van der Waals surface area contributed by atoms with E-state index in [-0.39, 0.29) is 17.2 Å². The minimum Gasteiger partial charge on any atom is -0.338 e. The Morgan fingerprint density at radius 2 is 1.88 bits per heavy atom. The molecule has 0 spiro atoms. The molecule has 0 aromatic heterocycles. The van der Waals surface area contributed by atoms with E-state index < -0.39 is 0 Å². The Labute approximate surface area is 99.0 Å². The lowest BCUT2D eigenvalue weighted by Crippen LogP contribution is -2.30. The third kappa shape index (κ3) is 2.55. The van der Waals surface area contributed by atoms with Gasteiger partial charge in [0.25, 0.3) is 0 Å². The molecule has 0 atom stereocenters. The summed E-state index contributed by atoms with van der Waals surface area (Å²) in [4.78, 5) is 14.1. The number of hydrogen-bond acceptors (Lipinski definition) is 1. The summed E-state index contributed by atoms with van der Waals surface area (Å²) >= 11 is 0. The van der Waals surface area contributed by atoms with E-state index >= 15 is 0 Å². The molecule has 0 unspecified atom stereocenters. The zero-order valence-electron chi connectivity index (χ0n) is 11.3.